The molecule has 1 aliphatic rings. The fourth-order valence-electron chi connectivity index (χ4n) is 2.71. The maximum atomic E-state index is 11.9. The van der Waals surface area contributed by atoms with Gasteiger partial charge in [-0.2, -0.15) is 0 Å². The number of aliphatic carboxylic acids is 1. The van der Waals surface area contributed by atoms with Crippen LogP contribution in [0.3, 0.4) is 0 Å². The molecule has 6 nitrogen and oxygen atoms in total. The maximum absolute atomic E-state index is 11.9. The van der Waals surface area contributed by atoms with Gasteiger partial charge in [0, 0.05) is 5.57 Å². The zero-order chi connectivity index (χ0) is 17.9. The summed E-state index contributed by atoms with van der Waals surface area (Å²) >= 11 is 0. The number of hydrogen-bond acceptors (Lipinski definition) is 5. The predicted octanol–water partition coefficient (Wildman–Crippen LogP) is 3.10. The van der Waals surface area contributed by atoms with Crippen molar-refractivity contribution in [2.24, 2.45) is 11.8 Å². The SMILES string of the molecule is C=C(C)C(=O)OCCCCCCOC(=O)C1CCC(C(=O)O)CC1. The van der Waals surface area contributed by atoms with Crippen LogP contribution in [0.25, 0.3) is 0 Å². The largest absolute Gasteiger partial charge is 0.481 e. The Labute approximate surface area is 143 Å². The molecule has 0 aromatic rings. The second-order valence-corrected chi connectivity index (χ2v) is 6.38. The molecule has 1 saturated carbocycles. The molecule has 136 valence electrons. The van der Waals surface area contributed by atoms with Crippen molar-refractivity contribution in [2.45, 2.75) is 58.3 Å². The summed E-state index contributed by atoms with van der Waals surface area (Å²) in [7, 11) is 0. The van der Waals surface area contributed by atoms with Gasteiger partial charge in [-0.25, -0.2) is 4.79 Å². The molecule has 0 heterocycles. The molecule has 0 bridgehead atoms. The lowest BCUT2D eigenvalue weighted by Gasteiger charge is -2.24. The lowest BCUT2D eigenvalue weighted by atomic mass is 9.82. The Hall–Kier alpha value is -1.85. The van der Waals surface area contributed by atoms with E-state index in [1.807, 2.05) is 0 Å². The average molecular weight is 340 g/mol. The first kappa shape index (κ1) is 20.2. The summed E-state index contributed by atoms with van der Waals surface area (Å²) in [4.78, 5) is 33.9. The van der Waals surface area contributed by atoms with Crippen LogP contribution in [0.2, 0.25) is 0 Å². The van der Waals surface area contributed by atoms with E-state index in [4.69, 9.17) is 14.6 Å². The van der Waals surface area contributed by atoms with Gasteiger partial charge in [0.15, 0.2) is 0 Å². The first-order valence-electron chi connectivity index (χ1n) is 8.64. The van der Waals surface area contributed by atoms with Crippen LogP contribution in [-0.2, 0) is 23.9 Å². The summed E-state index contributed by atoms with van der Waals surface area (Å²) in [6, 6.07) is 0. The van der Waals surface area contributed by atoms with E-state index in [9.17, 15) is 14.4 Å². The zero-order valence-corrected chi connectivity index (χ0v) is 14.4. The maximum Gasteiger partial charge on any atom is 0.333 e. The van der Waals surface area contributed by atoms with E-state index < -0.39 is 5.97 Å². The molecule has 0 saturated heterocycles. The van der Waals surface area contributed by atoms with E-state index in [2.05, 4.69) is 6.58 Å². The molecule has 0 spiro atoms. The molecule has 0 radical (unpaired) electrons. The van der Waals surface area contributed by atoms with Crippen molar-refractivity contribution < 1.29 is 29.0 Å². The predicted molar refractivity (Wildman–Crippen MR) is 88.3 cm³/mol. The van der Waals surface area contributed by atoms with Crippen LogP contribution in [0.15, 0.2) is 12.2 Å². The van der Waals surface area contributed by atoms with Gasteiger partial charge in [0.25, 0.3) is 0 Å². The Morgan fingerprint density at radius 2 is 1.42 bits per heavy atom. The van der Waals surface area contributed by atoms with Crippen molar-refractivity contribution in [3.05, 3.63) is 12.2 Å². The van der Waals surface area contributed by atoms with Gasteiger partial charge < -0.3 is 14.6 Å². The molecule has 24 heavy (non-hydrogen) atoms. The summed E-state index contributed by atoms with van der Waals surface area (Å²) in [5.41, 5.74) is 0.402. The molecule has 0 aromatic heterocycles. The molecule has 0 amide bonds. The summed E-state index contributed by atoms with van der Waals surface area (Å²) in [6.07, 6.45) is 5.69. The Morgan fingerprint density at radius 1 is 0.917 bits per heavy atom. The first-order chi connectivity index (χ1) is 11.4. The van der Waals surface area contributed by atoms with Gasteiger partial charge in [-0.3, -0.25) is 9.59 Å². The van der Waals surface area contributed by atoms with E-state index in [1.54, 1.807) is 6.92 Å². The Balaban J connectivity index is 1.99. The second kappa shape index (κ2) is 10.8. The number of unbranched alkanes of at least 4 members (excludes halogenated alkanes) is 3. The third-order valence-electron chi connectivity index (χ3n) is 4.27. The molecule has 1 fully saturated rings. The van der Waals surface area contributed by atoms with Crippen LogP contribution in [-0.4, -0.2) is 36.2 Å². The summed E-state index contributed by atoms with van der Waals surface area (Å²) < 4.78 is 10.3. The highest BCUT2D eigenvalue weighted by molar-refractivity contribution is 5.86. The van der Waals surface area contributed by atoms with Crippen LogP contribution >= 0.6 is 0 Å². The lowest BCUT2D eigenvalue weighted by molar-refractivity contribution is -0.152. The highest BCUT2D eigenvalue weighted by atomic mass is 16.5. The quantitative estimate of drug-likeness (QED) is 0.373. The number of rotatable bonds is 10. The molecule has 6 heteroatoms. The molecule has 0 aliphatic heterocycles. The standard InChI is InChI=1S/C18H28O6/c1-13(2)17(21)23-11-5-3-4-6-12-24-18(22)15-9-7-14(8-10-15)16(19)20/h14-15H,1,3-12H2,2H3,(H,19,20). The monoisotopic (exact) mass is 340 g/mol. The van der Waals surface area contributed by atoms with Gasteiger partial charge in [-0.1, -0.05) is 6.58 Å². The highest BCUT2D eigenvalue weighted by Gasteiger charge is 2.30. The number of carboxylic acid groups (broad SMARTS) is 1. The van der Waals surface area contributed by atoms with E-state index in [-0.39, 0.29) is 23.8 Å². The number of esters is 2. The van der Waals surface area contributed by atoms with E-state index in [1.165, 1.54) is 0 Å². The van der Waals surface area contributed by atoms with Crippen molar-refractivity contribution >= 4 is 17.9 Å². The van der Waals surface area contributed by atoms with Gasteiger partial charge in [0.2, 0.25) is 0 Å². The third-order valence-corrected chi connectivity index (χ3v) is 4.27. The Bertz CT molecular complexity index is 448. The lowest BCUT2D eigenvalue weighted by Crippen LogP contribution is -2.27. The first-order valence-corrected chi connectivity index (χ1v) is 8.64. The highest BCUT2D eigenvalue weighted by Crippen LogP contribution is 2.29. The molecular weight excluding hydrogens is 312 g/mol. The van der Waals surface area contributed by atoms with Crippen LogP contribution in [0.5, 0.6) is 0 Å². The Kier molecular flexibility index (Phi) is 9.12. The molecule has 0 aromatic carbocycles. The van der Waals surface area contributed by atoms with Crippen molar-refractivity contribution in [3.63, 3.8) is 0 Å². The minimum atomic E-state index is -0.768. The van der Waals surface area contributed by atoms with E-state index in [0.717, 1.165) is 25.7 Å². The number of carboxylic acids is 1. The molecule has 1 aliphatic carbocycles. The third kappa shape index (κ3) is 7.62. The normalized spacial score (nSPS) is 20.2. The zero-order valence-electron chi connectivity index (χ0n) is 14.4. The van der Waals surface area contributed by atoms with Gasteiger partial charge in [-0.05, 0) is 58.3 Å². The fraction of sp³-hybridized carbons (Fsp3) is 0.722. The van der Waals surface area contributed by atoms with Crippen LogP contribution in [0.4, 0.5) is 0 Å². The Morgan fingerprint density at radius 3 is 1.92 bits per heavy atom. The van der Waals surface area contributed by atoms with E-state index in [0.29, 0.717) is 44.5 Å². The van der Waals surface area contributed by atoms with Crippen LogP contribution < -0.4 is 0 Å². The number of carbonyl (C=O) groups is 3. The molecule has 0 unspecified atom stereocenters. The second-order valence-electron chi connectivity index (χ2n) is 6.38. The van der Waals surface area contributed by atoms with Crippen LogP contribution in [0, 0.1) is 11.8 Å². The molecule has 1 N–H and O–H groups in total. The molecule has 0 atom stereocenters. The van der Waals surface area contributed by atoms with E-state index >= 15 is 0 Å². The molecular formula is C18H28O6. The van der Waals surface area contributed by atoms with Crippen molar-refractivity contribution in [1.29, 1.82) is 0 Å². The van der Waals surface area contributed by atoms with Crippen molar-refractivity contribution in [3.8, 4) is 0 Å². The van der Waals surface area contributed by atoms with Gasteiger partial charge >= 0.3 is 17.9 Å². The van der Waals surface area contributed by atoms with Gasteiger partial charge in [-0.15, -0.1) is 0 Å². The van der Waals surface area contributed by atoms with Gasteiger partial charge in [0.05, 0.1) is 25.0 Å². The average Bonchev–Trinajstić information content (AvgIpc) is 2.56. The number of hydrogen-bond donors (Lipinski definition) is 1. The summed E-state index contributed by atoms with van der Waals surface area (Å²) in [6.45, 7) is 5.91. The topological polar surface area (TPSA) is 89.9 Å². The van der Waals surface area contributed by atoms with Crippen molar-refractivity contribution in [1.82, 2.24) is 0 Å². The molecule has 1 rings (SSSR count). The summed E-state index contributed by atoms with van der Waals surface area (Å²) in [5, 5.41) is 8.93. The number of carbonyl (C=O) groups excluding carboxylic acids is 2. The van der Waals surface area contributed by atoms with Crippen LogP contribution in [0.1, 0.15) is 58.3 Å². The minimum Gasteiger partial charge on any atom is -0.481 e. The fourth-order valence-corrected chi connectivity index (χ4v) is 2.71. The van der Waals surface area contributed by atoms with Gasteiger partial charge in [0.1, 0.15) is 0 Å². The summed E-state index contributed by atoms with van der Waals surface area (Å²) in [5.74, 6) is -1.79. The van der Waals surface area contributed by atoms with Crippen molar-refractivity contribution in [2.75, 3.05) is 13.2 Å². The number of ether oxygens (including phenoxy) is 2. The minimum absolute atomic E-state index is 0.151. The smallest absolute Gasteiger partial charge is 0.333 e.